The number of nitrogens with zero attached hydrogens (tertiary/aromatic N) is 1. The van der Waals surface area contributed by atoms with Gasteiger partial charge in [-0.1, -0.05) is 12.8 Å². The number of anilines is 1. The van der Waals surface area contributed by atoms with Crippen molar-refractivity contribution in [3.05, 3.63) is 60.1 Å². The van der Waals surface area contributed by atoms with Gasteiger partial charge in [0.1, 0.15) is 17.5 Å². The Kier molecular flexibility index (Phi) is 8.85. The van der Waals surface area contributed by atoms with Crippen molar-refractivity contribution in [3.63, 3.8) is 0 Å². The molecule has 1 aliphatic carbocycles. The second kappa shape index (κ2) is 12.5. The van der Waals surface area contributed by atoms with E-state index < -0.39 is 11.9 Å². The average molecular weight is 539 g/mol. The van der Waals surface area contributed by atoms with Crippen LogP contribution in [-0.2, 0) is 4.79 Å². The summed E-state index contributed by atoms with van der Waals surface area (Å²) in [6, 6.07) is 10.3. The Morgan fingerprint density at radius 2 is 1.54 bits per heavy atom. The van der Waals surface area contributed by atoms with E-state index in [1.807, 2.05) is 0 Å². The smallest absolute Gasteiger partial charge is 0.295 e. The number of carbonyl (C=O) groups is 2. The monoisotopic (exact) mass is 538 g/mol. The summed E-state index contributed by atoms with van der Waals surface area (Å²) in [5, 5.41) is 3.15. The van der Waals surface area contributed by atoms with Crippen LogP contribution in [0.2, 0.25) is 0 Å². The molecule has 0 radical (unpaired) electrons. The van der Waals surface area contributed by atoms with Crippen molar-refractivity contribution < 1.29 is 37.7 Å². The number of ether oxygens (including phenoxy) is 5. The molecule has 10 nitrogen and oxygen atoms in total. The second-order valence-corrected chi connectivity index (χ2v) is 9.04. The van der Waals surface area contributed by atoms with Crippen LogP contribution in [-0.4, -0.2) is 53.4 Å². The van der Waals surface area contributed by atoms with Gasteiger partial charge in [0.05, 0.1) is 47.5 Å². The normalized spacial score (nSPS) is 13.9. The minimum Gasteiger partial charge on any atom is -0.497 e. The summed E-state index contributed by atoms with van der Waals surface area (Å²) in [6.07, 6.45) is 5.18. The molecular weight excluding hydrogens is 504 g/mol. The van der Waals surface area contributed by atoms with Crippen LogP contribution < -0.4 is 33.9 Å². The van der Waals surface area contributed by atoms with E-state index in [0.29, 0.717) is 40.0 Å². The molecule has 1 N–H and O–H groups in total. The Bertz CT molecular complexity index is 1260. The van der Waals surface area contributed by atoms with E-state index in [1.54, 1.807) is 42.5 Å². The molecule has 39 heavy (non-hydrogen) atoms. The zero-order valence-corrected chi connectivity index (χ0v) is 22.8. The van der Waals surface area contributed by atoms with E-state index in [1.165, 1.54) is 46.7 Å². The lowest BCUT2D eigenvalue weighted by Crippen LogP contribution is -2.46. The molecule has 0 bridgehead atoms. The van der Waals surface area contributed by atoms with Gasteiger partial charge in [0.2, 0.25) is 11.7 Å². The van der Waals surface area contributed by atoms with Gasteiger partial charge in [0.15, 0.2) is 17.3 Å². The standard InChI is InChI=1S/C29H34N2O8/c1-34-20-12-13-22(35-2)21(17-20)31(29(33)23-11-8-14-39-23)26(28(32)30-19-9-6-7-10-19)18-15-24(36-3)27(38-5)25(16-18)37-4/h8,11-17,19,26H,6-7,9-10H2,1-5H3,(H,30,32)/t26-/m0/s1. The maximum absolute atomic E-state index is 14.2. The molecule has 4 rings (SSSR count). The van der Waals surface area contributed by atoms with Crippen molar-refractivity contribution in [2.75, 3.05) is 40.4 Å². The molecule has 1 saturated carbocycles. The number of furan rings is 1. The van der Waals surface area contributed by atoms with Gasteiger partial charge < -0.3 is 33.4 Å². The lowest BCUT2D eigenvalue weighted by atomic mass is 10.00. The molecule has 1 aliphatic rings. The quantitative estimate of drug-likeness (QED) is 0.372. The predicted octanol–water partition coefficient (Wildman–Crippen LogP) is 4.77. The largest absolute Gasteiger partial charge is 0.497 e. The molecule has 0 unspecified atom stereocenters. The first-order valence-electron chi connectivity index (χ1n) is 12.6. The highest BCUT2D eigenvalue weighted by Crippen LogP contribution is 2.44. The minimum atomic E-state index is -1.17. The van der Waals surface area contributed by atoms with Crippen molar-refractivity contribution >= 4 is 17.5 Å². The Morgan fingerprint density at radius 3 is 2.08 bits per heavy atom. The number of carbonyl (C=O) groups excluding carboxylic acids is 2. The van der Waals surface area contributed by atoms with Crippen LogP contribution in [0.1, 0.15) is 47.8 Å². The molecule has 2 aromatic carbocycles. The Hall–Kier alpha value is -4.34. The van der Waals surface area contributed by atoms with Crippen molar-refractivity contribution in [1.29, 1.82) is 0 Å². The molecule has 0 saturated heterocycles. The maximum atomic E-state index is 14.2. The number of benzene rings is 2. The minimum absolute atomic E-state index is 0.00481. The SMILES string of the molecule is COc1ccc(OC)c(N(C(=O)c2ccco2)[C@H](C(=O)NC2CCCC2)c2cc(OC)c(OC)c(OC)c2)c1. The summed E-state index contributed by atoms with van der Waals surface area (Å²) in [7, 11) is 7.50. The topological polar surface area (TPSA) is 109 Å². The third-order valence-electron chi connectivity index (χ3n) is 6.81. The second-order valence-electron chi connectivity index (χ2n) is 9.04. The fraction of sp³-hybridized carbons (Fsp3) is 0.379. The molecule has 10 heteroatoms. The molecule has 1 atom stereocenters. The van der Waals surface area contributed by atoms with Gasteiger partial charge in [0, 0.05) is 12.1 Å². The van der Waals surface area contributed by atoms with Gasteiger partial charge in [-0.05, 0) is 54.8 Å². The highest BCUT2D eigenvalue weighted by Gasteiger charge is 2.38. The highest BCUT2D eigenvalue weighted by atomic mass is 16.5. The molecule has 0 spiro atoms. The first-order valence-corrected chi connectivity index (χ1v) is 12.6. The maximum Gasteiger partial charge on any atom is 0.295 e. The molecule has 208 valence electrons. The number of hydrogen-bond donors (Lipinski definition) is 1. The zero-order chi connectivity index (χ0) is 27.9. The fourth-order valence-corrected chi connectivity index (χ4v) is 4.90. The van der Waals surface area contributed by atoms with Crippen LogP contribution >= 0.6 is 0 Å². The summed E-state index contributed by atoms with van der Waals surface area (Å²) in [6.45, 7) is 0. The molecule has 3 aromatic rings. The number of methoxy groups -OCH3 is 5. The lowest BCUT2D eigenvalue weighted by Gasteiger charge is -2.33. The third-order valence-corrected chi connectivity index (χ3v) is 6.81. The van der Waals surface area contributed by atoms with E-state index in [2.05, 4.69) is 5.32 Å². The number of amides is 2. The van der Waals surface area contributed by atoms with Gasteiger partial charge in [-0.15, -0.1) is 0 Å². The van der Waals surface area contributed by atoms with Crippen molar-refractivity contribution in [2.24, 2.45) is 0 Å². The molecule has 2 amide bonds. The first kappa shape index (κ1) is 27.7. The van der Waals surface area contributed by atoms with E-state index in [-0.39, 0.29) is 17.7 Å². The van der Waals surface area contributed by atoms with Crippen molar-refractivity contribution in [2.45, 2.75) is 37.8 Å². The molecule has 1 aromatic heterocycles. The summed E-state index contributed by atoms with van der Waals surface area (Å²) in [4.78, 5) is 29.7. The summed E-state index contributed by atoms with van der Waals surface area (Å²) >= 11 is 0. The van der Waals surface area contributed by atoms with Crippen LogP contribution in [0.4, 0.5) is 5.69 Å². The molecule has 0 aliphatic heterocycles. The van der Waals surface area contributed by atoms with Crippen molar-refractivity contribution in [3.8, 4) is 28.7 Å². The van der Waals surface area contributed by atoms with E-state index >= 15 is 0 Å². The van der Waals surface area contributed by atoms with Crippen molar-refractivity contribution in [1.82, 2.24) is 5.32 Å². The van der Waals surface area contributed by atoms with Gasteiger partial charge in [-0.3, -0.25) is 14.5 Å². The van der Waals surface area contributed by atoms with E-state index in [9.17, 15) is 9.59 Å². The summed E-state index contributed by atoms with van der Waals surface area (Å²) < 4.78 is 33.2. The van der Waals surface area contributed by atoms with Gasteiger partial charge in [-0.25, -0.2) is 0 Å². The van der Waals surface area contributed by atoms with Crippen LogP contribution in [0.5, 0.6) is 28.7 Å². The van der Waals surface area contributed by atoms with Crippen LogP contribution in [0.15, 0.2) is 53.1 Å². The fourth-order valence-electron chi connectivity index (χ4n) is 4.90. The lowest BCUT2D eigenvalue weighted by molar-refractivity contribution is -0.123. The van der Waals surface area contributed by atoms with E-state index in [0.717, 1.165) is 25.7 Å². The first-order chi connectivity index (χ1) is 18.9. The van der Waals surface area contributed by atoms with Crippen LogP contribution in [0, 0.1) is 0 Å². The van der Waals surface area contributed by atoms with Crippen LogP contribution in [0.3, 0.4) is 0 Å². The molecule has 1 fully saturated rings. The molecule has 1 heterocycles. The Labute approximate surface area is 227 Å². The van der Waals surface area contributed by atoms with Gasteiger partial charge >= 0.3 is 0 Å². The average Bonchev–Trinajstić information content (AvgIpc) is 3.69. The number of nitrogens with one attached hydrogen (secondary N) is 1. The molecular formula is C29H34N2O8. The summed E-state index contributed by atoms with van der Waals surface area (Å²) in [5.41, 5.74) is 0.753. The number of hydrogen-bond acceptors (Lipinski definition) is 8. The number of rotatable bonds is 11. The van der Waals surface area contributed by atoms with Gasteiger partial charge in [0.25, 0.3) is 5.91 Å². The van der Waals surface area contributed by atoms with E-state index in [4.69, 9.17) is 28.1 Å². The highest BCUT2D eigenvalue weighted by molar-refractivity contribution is 6.09. The summed E-state index contributed by atoms with van der Waals surface area (Å²) in [5.74, 6) is 1.01. The third kappa shape index (κ3) is 5.74. The van der Waals surface area contributed by atoms with Crippen LogP contribution in [0.25, 0.3) is 0 Å². The zero-order valence-electron chi connectivity index (χ0n) is 22.8. The Morgan fingerprint density at radius 1 is 0.872 bits per heavy atom. The predicted molar refractivity (Wildman–Crippen MR) is 144 cm³/mol. The van der Waals surface area contributed by atoms with Gasteiger partial charge in [-0.2, -0.15) is 0 Å². The Balaban J connectivity index is 1.97.